The molecule has 2 aliphatic heterocycles. The second kappa shape index (κ2) is 7.85. The van der Waals surface area contributed by atoms with Crippen LogP contribution in [0.5, 0.6) is 5.88 Å². The number of carbonyl (C=O) groups is 1. The normalized spacial score (nSPS) is 17.2. The number of ether oxygens (including phenoxy) is 2. The van der Waals surface area contributed by atoms with E-state index in [1.54, 1.807) is 18.3 Å². The molecule has 6 nitrogen and oxygen atoms in total. The van der Waals surface area contributed by atoms with Crippen LogP contribution < -0.4 is 9.64 Å². The molecule has 2 aromatic rings. The zero-order valence-corrected chi connectivity index (χ0v) is 14.8. The van der Waals surface area contributed by atoms with Crippen LogP contribution in [0.25, 0.3) is 0 Å². The number of anilines is 1. The number of morpholine rings is 1. The van der Waals surface area contributed by atoms with Gasteiger partial charge in [-0.25, -0.2) is 4.98 Å². The Labute approximate surface area is 153 Å². The van der Waals surface area contributed by atoms with Gasteiger partial charge in [-0.05, 0) is 24.1 Å². The monoisotopic (exact) mass is 353 g/mol. The highest BCUT2D eigenvalue weighted by Gasteiger charge is 2.25. The van der Waals surface area contributed by atoms with Crippen molar-refractivity contribution in [1.29, 1.82) is 0 Å². The molecular formula is C20H23N3O3. The van der Waals surface area contributed by atoms with E-state index in [9.17, 15) is 4.79 Å². The Morgan fingerprint density at radius 3 is 2.77 bits per heavy atom. The molecule has 0 atom stereocenters. The van der Waals surface area contributed by atoms with Gasteiger partial charge in [0.1, 0.15) is 6.61 Å². The van der Waals surface area contributed by atoms with Crippen LogP contribution in [0.15, 0.2) is 42.6 Å². The van der Waals surface area contributed by atoms with Crippen LogP contribution in [-0.4, -0.2) is 61.8 Å². The molecule has 0 radical (unpaired) electrons. The van der Waals surface area contributed by atoms with Crippen molar-refractivity contribution in [2.45, 2.75) is 6.42 Å². The van der Waals surface area contributed by atoms with Crippen molar-refractivity contribution >= 4 is 11.6 Å². The third-order valence-corrected chi connectivity index (χ3v) is 4.88. The van der Waals surface area contributed by atoms with Gasteiger partial charge in [-0.15, -0.1) is 0 Å². The van der Waals surface area contributed by atoms with Crippen molar-refractivity contribution < 1.29 is 14.3 Å². The quantitative estimate of drug-likeness (QED) is 0.823. The summed E-state index contributed by atoms with van der Waals surface area (Å²) in [6.07, 6.45) is 2.51. The fraction of sp³-hybridized carbons (Fsp3) is 0.400. The maximum Gasteiger partial charge on any atom is 0.259 e. The molecule has 0 unspecified atom stereocenters. The Bertz CT molecular complexity index is 757. The SMILES string of the molecule is O=C(c1ccc(OCCN2CCOCC2)nc1)N1CCc2ccccc21. The van der Waals surface area contributed by atoms with Gasteiger partial charge in [0.05, 0.1) is 18.8 Å². The molecular weight excluding hydrogens is 330 g/mol. The van der Waals surface area contributed by atoms with Crippen molar-refractivity contribution in [3.8, 4) is 5.88 Å². The van der Waals surface area contributed by atoms with Gasteiger partial charge in [-0.3, -0.25) is 9.69 Å². The van der Waals surface area contributed by atoms with Gasteiger partial charge in [-0.1, -0.05) is 18.2 Å². The second-order valence-corrected chi connectivity index (χ2v) is 6.52. The Morgan fingerprint density at radius 2 is 1.96 bits per heavy atom. The smallest absolute Gasteiger partial charge is 0.259 e. The number of nitrogens with zero attached hydrogens (tertiary/aromatic N) is 3. The molecule has 2 aliphatic rings. The minimum Gasteiger partial charge on any atom is -0.476 e. The van der Waals surface area contributed by atoms with Crippen LogP contribution >= 0.6 is 0 Å². The first-order valence-corrected chi connectivity index (χ1v) is 9.10. The zero-order valence-electron chi connectivity index (χ0n) is 14.8. The molecule has 0 N–H and O–H groups in total. The molecule has 3 heterocycles. The fourth-order valence-corrected chi connectivity index (χ4v) is 3.40. The topological polar surface area (TPSA) is 54.9 Å². The van der Waals surface area contributed by atoms with Crippen LogP contribution in [0.2, 0.25) is 0 Å². The molecule has 1 saturated heterocycles. The minimum absolute atomic E-state index is 0.0117. The van der Waals surface area contributed by atoms with Gasteiger partial charge >= 0.3 is 0 Å². The van der Waals surface area contributed by atoms with Crippen LogP contribution in [0.3, 0.4) is 0 Å². The first kappa shape index (κ1) is 17.0. The highest BCUT2D eigenvalue weighted by atomic mass is 16.5. The van der Waals surface area contributed by atoms with Crippen molar-refractivity contribution in [3.05, 3.63) is 53.7 Å². The molecule has 0 aliphatic carbocycles. The van der Waals surface area contributed by atoms with E-state index in [1.165, 1.54) is 5.56 Å². The largest absolute Gasteiger partial charge is 0.476 e. The van der Waals surface area contributed by atoms with E-state index in [0.29, 0.717) is 18.1 Å². The van der Waals surface area contributed by atoms with E-state index < -0.39 is 0 Å². The van der Waals surface area contributed by atoms with Crippen molar-refractivity contribution in [1.82, 2.24) is 9.88 Å². The Kier molecular flexibility index (Phi) is 5.13. The molecule has 4 rings (SSSR count). The summed E-state index contributed by atoms with van der Waals surface area (Å²) in [6.45, 7) is 5.62. The van der Waals surface area contributed by atoms with E-state index in [-0.39, 0.29) is 5.91 Å². The molecule has 0 saturated carbocycles. The van der Waals surface area contributed by atoms with Gasteiger partial charge in [-0.2, -0.15) is 0 Å². The zero-order chi connectivity index (χ0) is 17.8. The molecule has 6 heteroatoms. The summed E-state index contributed by atoms with van der Waals surface area (Å²) in [5, 5.41) is 0. The summed E-state index contributed by atoms with van der Waals surface area (Å²) in [6, 6.07) is 11.6. The van der Waals surface area contributed by atoms with Gasteiger partial charge < -0.3 is 14.4 Å². The Hall–Kier alpha value is -2.44. The van der Waals surface area contributed by atoms with Gasteiger partial charge in [0.15, 0.2) is 0 Å². The number of benzene rings is 1. The van der Waals surface area contributed by atoms with E-state index >= 15 is 0 Å². The summed E-state index contributed by atoms with van der Waals surface area (Å²) in [4.78, 5) is 21.2. The predicted octanol–water partition coefficient (Wildman–Crippen LogP) is 2.00. The number of hydrogen-bond acceptors (Lipinski definition) is 5. The van der Waals surface area contributed by atoms with E-state index in [1.807, 2.05) is 23.1 Å². The number of hydrogen-bond donors (Lipinski definition) is 0. The number of pyridine rings is 1. The third-order valence-electron chi connectivity index (χ3n) is 4.88. The molecule has 0 bridgehead atoms. The molecule has 1 fully saturated rings. The number of para-hydroxylation sites is 1. The summed E-state index contributed by atoms with van der Waals surface area (Å²) >= 11 is 0. The molecule has 26 heavy (non-hydrogen) atoms. The van der Waals surface area contributed by atoms with Crippen molar-refractivity contribution in [2.24, 2.45) is 0 Å². The van der Waals surface area contributed by atoms with Crippen LogP contribution in [0.1, 0.15) is 15.9 Å². The van der Waals surface area contributed by atoms with Crippen LogP contribution in [0.4, 0.5) is 5.69 Å². The molecule has 136 valence electrons. The van der Waals surface area contributed by atoms with E-state index in [0.717, 1.165) is 51.5 Å². The minimum atomic E-state index is -0.0117. The standard InChI is InChI=1S/C20H23N3O3/c24-20(23-8-7-16-3-1-2-4-18(16)23)17-5-6-19(21-15-17)26-14-11-22-9-12-25-13-10-22/h1-6,15H,7-14H2. The first-order valence-electron chi connectivity index (χ1n) is 9.10. The van der Waals surface area contributed by atoms with Crippen LogP contribution in [-0.2, 0) is 11.2 Å². The van der Waals surface area contributed by atoms with E-state index in [2.05, 4.69) is 16.0 Å². The average molecular weight is 353 g/mol. The highest BCUT2D eigenvalue weighted by Crippen LogP contribution is 2.28. The van der Waals surface area contributed by atoms with Crippen LogP contribution in [0, 0.1) is 0 Å². The first-order chi connectivity index (χ1) is 12.8. The number of fused-ring (bicyclic) bond motifs is 1. The number of carbonyl (C=O) groups excluding carboxylic acids is 1. The number of amides is 1. The molecule has 0 spiro atoms. The molecule has 1 aromatic heterocycles. The van der Waals surface area contributed by atoms with Gasteiger partial charge in [0.2, 0.25) is 5.88 Å². The van der Waals surface area contributed by atoms with Gasteiger partial charge in [0, 0.05) is 44.1 Å². The lowest BCUT2D eigenvalue weighted by molar-refractivity contribution is 0.0320. The lowest BCUT2D eigenvalue weighted by Crippen LogP contribution is -2.38. The number of rotatable bonds is 5. The summed E-state index contributed by atoms with van der Waals surface area (Å²) in [7, 11) is 0. The second-order valence-electron chi connectivity index (χ2n) is 6.52. The summed E-state index contributed by atoms with van der Waals surface area (Å²) < 4.78 is 11.0. The Balaban J connectivity index is 1.33. The fourth-order valence-electron chi connectivity index (χ4n) is 3.40. The maximum absolute atomic E-state index is 12.8. The van der Waals surface area contributed by atoms with Crippen molar-refractivity contribution in [3.63, 3.8) is 0 Å². The summed E-state index contributed by atoms with van der Waals surface area (Å²) in [5.41, 5.74) is 2.81. The lowest BCUT2D eigenvalue weighted by Gasteiger charge is -2.26. The Morgan fingerprint density at radius 1 is 1.12 bits per heavy atom. The number of aromatic nitrogens is 1. The highest BCUT2D eigenvalue weighted by molar-refractivity contribution is 6.07. The average Bonchev–Trinajstić information content (AvgIpc) is 3.13. The van der Waals surface area contributed by atoms with Gasteiger partial charge in [0.25, 0.3) is 5.91 Å². The third kappa shape index (κ3) is 3.71. The predicted molar refractivity (Wildman–Crippen MR) is 98.8 cm³/mol. The summed E-state index contributed by atoms with van der Waals surface area (Å²) in [5.74, 6) is 0.541. The van der Waals surface area contributed by atoms with E-state index in [4.69, 9.17) is 9.47 Å². The molecule has 1 amide bonds. The molecule has 1 aromatic carbocycles. The maximum atomic E-state index is 12.8. The lowest BCUT2D eigenvalue weighted by atomic mass is 10.2. The van der Waals surface area contributed by atoms with Crippen molar-refractivity contribution in [2.75, 3.05) is 50.9 Å².